The van der Waals surface area contributed by atoms with Gasteiger partial charge in [-0.1, -0.05) is 6.07 Å². The minimum absolute atomic E-state index is 0.0246. The lowest BCUT2D eigenvalue weighted by Crippen LogP contribution is -2.61. The molecule has 5 fully saturated rings. The molecule has 1 amide bonds. The lowest BCUT2D eigenvalue weighted by molar-refractivity contribution is -0.157. The Balaban J connectivity index is 1.31. The number of rotatable bonds is 3. The summed E-state index contributed by atoms with van der Waals surface area (Å²) >= 11 is 6.85. The minimum Gasteiger partial charge on any atom is -0.340 e. The number of halogens is 3. The molecule has 1 heterocycles. The smallest absolute Gasteiger partial charge is 0.249 e. The number of carbonyl (C=O) groups is 1. The lowest BCUT2D eigenvalue weighted by atomic mass is 9.49. The Bertz CT molecular complexity index is 960. The summed E-state index contributed by atoms with van der Waals surface area (Å²) in [6, 6.07) is 3.00. The fourth-order valence-electron chi connectivity index (χ4n) is 6.73. The highest BCUT2D eigenvalue weighted by molar-refractivity contribution is 7.89. The molecule has 4 saturated carbocycles. The molecule has 164 valence electrons. The topological polar surface area (TPSA) is 57.7 Å². The molecule has 6 rings (SSSR count). The zero-order valence-corrected chi connectivity index (χ0v) is 18.2. The van der Waals surface area contributed by atoms with Crippen molar-refractivity contribution >= 4 is 27.5 Å². The summed E-state index contributed by atoms with van der Waals surface area (Å²) < 4.78 is 54.7. The van der Waals surface area contributed by atoms with E-state index in [0.717, 1.165) is 54.6 Å². The number of sulfonamides is 1. The van der Waals surface area contributed by atoms with Gasteiger partial charge in [0.15, 0.2) is 4.90 Å². The molecular weight excluding hydrogens is 434 g/mol. The summed E-state index contributed by atoms with van der Waals surface area (Å²) in [5.41, 5.74) is -0.426. The van der Waals surface area contributed by atoms with Gasteiger partial charge in [-0.2, -0.15) is 4.31 Å². The molecule has 1 aliphatic heterocycles. The van der Waals surface area contributed by atoms with Crippen molar-refractivity contribution < 1.29 is 22.0 Å². The Hall–Kier alpha value is -1.25. The Morgan fingerprint density at radius 2 is 1.57 bits per heavy atom. The van der Waals surface area contributed by atoms with Crippen molar-refractivity contribution in [3.63, 3.8) is 0 Å². The first-order chi connectivity index (χ1) is 14.1. The molecule has 4 aliphatic carbocycles. The molecule has 1 saturated heterocycles. The molecule has 30 heavy (non-hydrogen) atoms. The molecule has 0 unspecified atom stereocenters. The van der Waals surface area contributed by atoms with Crippen molar-refractivity contribution in [2.75, 3.05) is 26.2 Å². The van der Waals surface area contributed by atoms with Gasteiger partial charge in [-0.15, -0.1) is 11.6 Å². The van der Waals surface area contributed by atoms with Crippen LogP contribution in [0.1, 0.15) is 38.5 Å². The predicted octanol–water partition coefficient (Wildman–Crippen LogP) is 3.38. The van der Waals surface area contributed by atoms with E-state index < -0.39 is 32.0 Å². The standard InChI is InChI=1S/C21H25ClF2N2O3S/c22-21-11-14-8-15(12-21)10-20(9-14,13-21)19(27)25-4-6-26(7-5-25)30(28,29)18-16(23)2-1-3-17(18)24/h1-3,14-15H,4-13H2/t14-,15-,20?,21?/m1/s1. The van der Waals surface area contributed by atoms with E-state index >= 15 is 0 Å². The molecular formula is C21H25ClF2N2O3S. The number of hydrogen-bond acceptors (Lipinski definition) is 3. The number of amides is 1. The van der Waals surface area contributed by atoms with E-state index in [4.69, 9.17) is 11.6 Å². The Morgan fingerprint density at radius 1 is 1.00 bits per heavy atom. The molecule has 4 bridgehead atoms. The van der Waals surface area contributed by atoms with Gasteiger partial charge in [0.05, 0.1) is 5.41 Å². The number of alkyl halides is 1. The van der Waals surface area contributed by atoms with Crippen LogP contribution in [-0.2, 0) is 14.8 Å². The van der Waals surface area contributed by atoms with Gasteiger partial charge in [0, 0.05) is 31.1 Å². The first-order valence-corrected chi connectivity index (χ1v) is 12.4. The van der Waals surface area contributed by atoms with Crippen LogP contribution in [0.2, 0.25) is 0 Å². The first-order valence-electron chi connectivity index (χ1n) is 10.5. The molecule has 0 spiro atoms. The van der Waals surface area contributed by atoms with Gasteiger partial charge in [-0.25, -0.2) is 17.2 Å². The van der Waals surface area contributed by atoms with Crippen LogP contribution in [0, 0.1) is 28.9 Å². The van der Waals surface area contributed by atoms with E-state index in [2.05, 4.69) is 0 Å². The molecule has 0 radical (unpaired) electrons. The van der Waals surface area contributed by atoms with Gasteiger partial charge < -0.3 is 4.90 Å². The average molecular weight is 459 g/mol. The van der Waals surface area contributed by atoms with Crippen LogP contribution in [0.4, 0.5) is 8.78 Å². The summed E-state index contributed by atoms with van der Waals surface area (Å²) in [6.45, 7) is 0.495. The molecule has 0 N–H and O–H groups in total. The minimum atomic E-state index is -4.30. The van der Waals surface area contributed by atoms with Gasteiger partial charge >= 0.3 is 0 Å². The van der Waals surface area contributed by atoms with E-state index in [1.54, 1.807) is 4.90 Å². The number of benzene rings is 1. The Morgan fingerprint density at radius 3 is 2.10 bits per heavy atom. The summed E-state index contributed by atoms with van der Waals surface area (Å²) in [5.74, 6) is -1.13. The molecule has 1 aromatic rings. The first kappa shape index (κ1) is 20.6. The maximum absolute atomic E-state index is 14.0. The van der Waals surface area contributed by atoms with E-state index in [9.17, 15) is 22.0 Å². The quantitative estimate of drug-likeness (QED) is 0.652. The van der Waals surface area contributed by atoms with E-state index in [-0.39, 0.29) is 37.0 Å². The highest BCUT2D eigenvalue weighted by Gasteiger charge is 2.60. The van der Waals surface area contributed by atoms with E-state index in [1.807, 2.05) is 0 Å². The van der Waals surface area contributed by atoms with E-state index in [0.29, 0.717) is 18.3 Å². The highest BCUT2D eigenvalue weighted by Crippen LogP contribution is 2.64. The van der Waals surface area contributed by atoms with Crippen LogP contribution < -0.4 is 0 Å². The summed E-state index contributed by atoms with van der Waals surface area (Å²) in [4.78, 5) is 14.0. The third-order valence-corrected chi connectivity index (χ3v) is 9.88. The number of piperazine rings is 1. The van der Waals surface area contributed by atoms with Crippen molar-refractivity contribution in [1.29, 1.82) is 0 Å². The second kappa shape index (κ2) is 6.87. The summed E-state index contributed by atoms with van der Waals surface area (Å²) in [5, 5.41) is 0. The largest absolute Gasteiger partial charge is 0.340 e. The molecule has 5 aliphatic rings. The second-order valence-corrected chi connectivity index (χ2v) is 12.3. The molecule has 9 heteroatoms. The van der Waals surface area contributed by atoms with Crippen LogP contribution in [0.25, 0.3) is 0 Å². The second-order valence-electron chi connectivity index (χ2n) is 9.64. The lowest BCUT2D eigenvalue weighted by Gasteiger charge is -2.60. The normalized spacial score (nSPS) is 36.3. The average Bonchev–Trinajstić information content (AvgIpc) is 2.65. The van der Waals surface area contributed by atoms with Crippen LogP contribution in [-0.4, -0.2) is 54.6 Å². The fourth-order valence-corrected chi connectivity index (χ4v) is 8.95. The third-order valence-electron chi connectivity index (χ3n) is 7.49. The van der Waals surface area contributed by atoms with Gasteiger partial charge in [0.1, 0.15) is 11.6 Å². The summed E-state index contributed by atoms with van der Waals surface area (Å²) in [7, 11) is -4.30. The summed E-state index contributed by atoms with van der Waals surface area (Å²) in [6.07, 6.45) is 5.57. The SMILES string of the molecule is O=C(N1CCN(S(=O)(=O)c2c(F)cccc2F)CC1)C12C[C@H]3C[C@@H](CC(Cl)(C3)C1)C2. The maximum Gasteiger partial charge on any atom is 0.249 e. The number of hydrogen-bond donors (Lipinski definition) is 0. The van der Waals surface area contributed by atoms with E-state index in [1.165, 1.54) is 0 Å². The predicted molar refractivity (Wildman–Crippen MR) is 107 cm³/mol. The van der Waals surface area contributed by atoms with Crippen molar-refractivity contribution in [2.24, 2.45) is 17.3 Å². The van der Waals surface area contributed by atoms with Gasteiger partial charge in [-0.05, 0) is 62.5 Å². The van der Waals surface area contributed by atoms with Crippen LogP contribution in [0.15, 0.2) is 23.1 Å². The van der Waals surface area contributed by atoms with Crippen molar-refractivity contribution in [3.8, 4) is 0 Å². The van der Waals surface area contributed by atoms with Crippen molar-refractivity contribution in [2.45, 2.75) is 48.3 Å². The van der Waals surface area contributed by atoms with Crippen LogP contribution >= 0.6 is 11.6 Å². The fraction of sp³-hybridized carbons (Fsp3) is 0.667. The highest BCUT2D eigenvalue weighted by atomic mass is 35.5. The number of nitrogens with zero attached hydrogens (tertiary/aromatic N) is 2. The zero-order chi connectivity index (χ0) is 21.3. The number of carbonyl (C=O) groups excluding carboxylic acids is 1. The molecule has 0 aromatic heterocycles. The van der Waals surface area contributed by atoms with Crippen molar-refractivity contribution in [3.05, 3.63) is 29.8 Å². The van der Waals surface area contributed by atoms with Gasteiger partial charge in [0.2, 0.25) is 15.9 Å². The molecule has 5 nitrogen and oxygen atoms in total. The maximum atomic E-state index is 14.0. The molecule has 2 atom stereocenters. The monoisotopic (exact) mass is 458 g/mol. The van der Waals surface area contributed by atoms with Crippen molar-refractivity contribution in [1.82, 2.24) is 9.21 Å². The van der Waals surface area contributed by atoms with Crippen LogP contribution in [0.5, 0.6) is 0 Å². The van der Waals surface area contributed by atoms with Gasteiger partial charge in [0.25, 0.3) is 0 Å². The Kier molecular flexibility index (Phi) is 4.73. The zero-order valence-electron chi connectivity index (χ0n) is 16.6. The third kappa shape index (κ3) is 3.17. The molecule has 1 aromatic carbocycles. The Labute approximate surface area is 180 Å². The van der Waals surface area contributed by atoms with Gasteiger partial charge in [-0.3, -0.25) is 4.79 Å². The van der Waals surface area contributed by atoms with Crippen LogP contribution in [0.3, 0.4) is 0 Å².